The van der Waals surface area contributed by atoms with E-state index in [-0.39, 0.29) is 11.2 Å². The standard InChI is InChI=1S/C15H17ClN2O3S/c1-9-6-12(21-18-9)8-22-10(2)15(19)17-11-4-5-14(20-3)13(16)7-11/h4-7,10H,8H2,1-3H3,(H,17,19)/t10-/m0/s1. The summed E-state index contributed by atoms with van der Waals surface area (Å²) in [5, 5.41) is 6.87. The number of ether oxygens (including phenoxy) is 1. The maximum absolute atomic E-state index is 12.2. The summed E-state index contributed by atoms with van der Waals surface area (Å²) in [6.45, 7) is 3.70. The quantitative estimate of drug-likeness (QED) is 0.863. The van der Waals surface area contributed by atoms with Gasteiger partial charge in [0, 0.05) is 11.8 Å². The van der Waals surface area contributed by atoms with Gasteiger partial charge in [0.1, 0.15) is 11.5 Å². The van der Waals surface area contributed by atoms with Gasteiger partial charge in [-0.2, -0.15) is 0 Å². The normalized spacial score (nSPS) is 12.0. The molecule has 0 aliphatic rings. The molecular weight excluding hydrogens is 324 g/mol. The van der Waals surface area contributed by atoms with Crippen LogP contribution >= 0.6 is 23.4 Å². The zero-order chi connectivity index (χ0) is 16.1. The SMILES string of the molecule is COc1ccc(NC(=O)[C@H](C)SCc2cc(C)no2)cc1Cl. The monoisotopic (exact) mass is 340 g/mol. The molecule has 0 spiro atoms. The molecule has 5 nitrogen and oxygen atoms in total. The van der Waals surface area contributed by atoms with Crippen molar-refractivity contribution in [3.05, 3.63) is 40.7 Å². The van der Waals surface area contributed by atoms with Gasteiger partial charge in [0.15, 0.2) is 0 Å². The lowest BCUT2D eigenvalue weighted by molar-refractivity contribution is -0.115. The topological polar surface area (TPSA) is 64.4 Å². The first-order valence-electron chi connectivity index (χ1n) is 6.68. The van der Waals surface area contributed by atoms with Crippen molar-refractivity contribution in [2.24, 2.45) is 0 Å². The summed E-state index contributed by atoms with van der Waals surface area (Å²) in [6.07, 6.45) is 0. The number of benzene rings is 1. The fourth-order valence-corrected chi connectivity index (χ4v) is 2.77. The zero-order valence-electron chi connectivity index (χ0n) is 12.6. The van der Waals surface area contributed by atoms with Gasteiger partial charge in [-0.3, -0.25) is 4.79 Å². The molecule has 0 unspecified atom stereocenters. The van der Waals surface area contributed by atoms with Gasteiger partial charge in [0.2, 0.25) is 5.91 Å². The number of rotatable bonds is 6. The maximum atomic E-state index is 12.2. The van der Waals surface area contributed by atoms with Crippen LogP contribution in [0.5, 0.6) is 5.75 Å². The van der Waals surface area contributed by atoms with Crippen molar-refractivity contribution in [3.63, 3.8) is 0 Å². The van der Waals surface area contributed by atoms with Crippen LogP contribution in [0.1, 0.15) is 18.4 Å². The lowest BCUT2D eigenvalue weighted by atomic mass is 10.3. The van der Waals surface area contributed by atoms with E-state index in [1.165, 1.54) is 11.8 Å². The second-order valence-corrected chi connectivity index (χ2v) is 6.46. The molecule has 0 aliphatic carbocycles. The van der Waals surface area contributed by atoms with Crippen LogP contribution in [0.2, 0.25) is 5.02 Å². The first-order chi connectivity index (χ1) is 10.5. The van der Waals surface area contributed by atoms with Crippen molar-refractivity contribution in [2.45, 2.75) is 24.9 Å². The van der Waals surface area contributed by atoms with Crippen molar-refractivity contribution in [1.29, 1.82) is 0 Å². The summed E-state index contributed by atoms with van der Waals surface area (Å²) in [4.78, 5) is 12.2. The molecule has 0 radical (unpaired) electrons. The molecule has 2 rings (SSSR count). The van der Waals surface area contributed by atoms with Crippen molar-refractivity contribution in [1.82, 2.24) is 5.16 Å². The van der Waals surface area contributed by atoms with Crippen LogP contribution in [0.25, 0.3) is 0 Å². The number of amides is 1. The number of carbonyl (C=O) groups is 1. The molecule has 7 heteroatoms. The third-order valence-corrected chi connectivity index (χ3v) is 4.40. The minimum absolute atomic E-state index is 0.0949. The smallest absolute Gasteiger partial charge is 0.237 e. The molecule has 1 amide bonds. The Hall–Kier alpha value is -1.66. The van der Waals surface area contributed by atoms with E-state index in [1.54, 1.807) is 25.3 Å². The van der Waals surface area contributed by atoms with Crippen LogP contribution in [0.4, 0.5) is 5.69 Å². The molecule has 0 saturated heterocycles. The van der Waals surface area contributed by atoms with Gasteiger partial charge in [-0.25, -0.2) is 0 Å². The highest BCUT2D eigenvalue weighted by Crippen LogP contribution is 2.28. The van der Waals surface area contributed by atoms with Gasteiger partial charge in [0.05, 0.1) is 28.8 Å². The van der Waals surface area contributed by atoms with E-state index in [0.29, 0.717) is 22.2 Å². The Balaban J connectivity index is 1.89. The van der Waals surface area contributed by atoms with Crippen LogP contribution in [-0.2, 0) is 10.5 Å². The average Bonchev–Trinajstić information content (AvgIpc) is 2.90. The molecule has 118 valence electrons. The Morgan fingerprint density at radius 3 is 2.86 bits per heavy atom. The number of anilines is 1. The molecule has 1 N–H and O–H groups in total. The van der Waals surface area contributed by atoms with E-state index in [2.05, 4.69) is 10.5 Å². The number of halogens is 1. The lowest BCUT2D eigenvalue weighted by Gasteiger charge is -2.12. The summed E-state index contributed by atoms with van der Waals surface area (Å²) >= 11 is 7.51. The number of carbonyl (C=O) groups excluding carboxylic acids is 1. The summed E-state index contributed by atoms with van der Waals surface area (Å²) in [7, 11) is 1.55. The molecule has 0 fully saturated rings. The largest absolute Gasteiger partial charge is 0.495 e. The maximum Gasteiger partial charge on any atom is 0.237 e. The summed E-state index contributed by atoms with van der Waals surface area (Å²) in [6, 6.07) is 6.99. The predicted molar refractivity (Wildman–Crippen MR) is 88.6 cm³/mol. The van der Waals surface area contributed by atoms with Crippen LogP contribution in [0.15, 0.2) is 28.8 Å². The summed E-state index contributed by atoms with van der Waals surface area (Å²) < 4.78 is 10.2. The molecule has 0 saturated carbocycles. The molecule has 2 aromatic rings. The van der Waals surface area contributed by atoms with Gasteiger partial charge in [-0.15, -0.1) is 11.8 Å². The van der Waals surface area contributed by atoms with Crippen molar-refractivity contribution >= 4 is 35.0 Å². The molecule has 1 atom stereocenters. The average molecular weight is 341 g/mol. The number of thioether (sulfide) groups is 1. The highest BCUT2D eigenvalue weighted by Gasteiger charge is 2.15. The van der Waals surface area contributed by atoms with E-state index in [1.807, 2.05) is 19.9 Å². The molecule has 0 bridgehead atoms. The first-order valence-corrected chi connectivity index (χ1v) is 8.10. The van der Waals surface area contributed by atoms with Crippen LogP contribution < -0.4 is 10.1 Å². The fraction of sp³-hybridized carbons (Fsp3) is 0.333. The number of nitrogens with one attached hydrogen (secondary N) is 1. The Labute approximate surface area is 138 Å². The van der Waals surface area contributed by atoms with Crippen LogP contribution in [0, 0.1) is 6.92 Å². The molecule has 22 heavy (non-hydrogen) atoms. The Bertz CT molecular complexity index is 660. The van der Waals surface area contributed by atoms with E-state index >= 15 is 0 Å². The lowest BCUT2D eigenvalue weighted by Crippen LogP contribution is -2.22. The van der Waals surface area contributed by atoms with Crippen molar-refractivity contribution in [3.8, 4) is 5.75 Å². The van der Waals surface area contributed by atoms with E-state index in [0.717, 1.165) is 11.5 Å². The minimum atomic E-state index is -0.230. The first kappa shape index (κ1) is 16.7. The minimum Gasteiger partial charge on any atom is -0.495 e. The van der Waals surface area contributed by atoms with Gasteiger partial charge in [0.25, 0.3) is 0 Å². The van der Waals surface area contributed by atoms with Gasteiger partial charge in [-0.05, 0) is 32.0 Å². The third-order valence-electron chi connectivity index (χ3n) is 2.94. The molecule has 0 aliphatic heterocycles. The van der Waals surface area contributed by atoms with Crippen LogP contribution in [-0.4, -0.2) is 23.4 Å². The second kappa shape index (κ2) is 7.56. The number of aromatic nitrogens is 1. The van der Waals surface area contributed by atoms with Crippen molar-refractivity contribution in [2.75, 3.05) is 12.4 Å². The predicted octanol–water partition coefficient (Wildman–Crippen LogP) is 3.91. The molecule has 1 aromatic carbocycles. The summed E-state index contributed by atoms with van der Waals surface area (Å²) in [5.74, 6) is 1.83. The molecule has 1 heterocycles. The number of nitrogens with zero attached hydrogens (tertiary/aromatic N) is 1. The zero-order valence-corrected chi connectivity index (χ0v) is 14.1. The number of aryl methyl sites for hydroxylation is 1. The van der Waals surface area contributed by atoms with Gasteiger partial charge in [-0.1, -0.05) is 16.8 Å². The fourth-order valence-electron chi connectivity index (χ4n) is 1.76. The third kappa shape index (κ3) is 4.42. The molecule has 1 aromatic heterocycles. The van der Waals surface area contributed by atoms with Crippen LogP contribution in [0.3, 0.4) is 0 Å². The highest BCUT2D eigenvalue weighted by molar-refractivity contribution is 7.99. The van der Waals surface area contributed by atoms with Gasteiger partial charge >= 0.3 is 0 Å². The van der Waals surface area contributed by atoms with E-state index < -0.39 is 0 Å². The molecular formula is C15H17ClN2O3S. The van der Waals surface area contributed by atoms with E-state index in [4.69, 9.17) is 20.9 Å². The van der Waals surface area contributed by atoms with Gasteiger partial charge < -0.3 is 14.6 Å². The number of hydrogen-bond donors (Lipinski definition) is 1. The Morgan fingerprint density at radius 1 is 1.50 bits per heavy atom. The second-order valence-electron chi connectivity index (χ2n) is 4.73. The Morgan fingerprint density at radius 2 is 2.27 bits per heavy atom. The summed E-state index contributed by atoms with van der Waals surface area (Å²) in [5.41, 5.74) is 1.47. The highest BCUT2D eigenvalue weighted by atomic mass is 35.5. The number of methoxy groups -OCH3 is 1. The number of hydrogen-bond acceptors (Lipinski definition) is 5. The van der Waals surface area contributed by atoms with E-state index in [9.17, 15) is 4.79 Å². The Kier molecular flexibility index (Phi) is 5.74. The van der Waals surface area contributed by atoms with Crippen molar-refractivity contribution < 1.29 is 14.1 Å².